The van der Waals surface area contributed by atoms with Crippen molar-refractivity contribution in [2.45, 2.75) is 55.8 Å². The Balaban J connectivity index is 1.06. The van der Waals surface area contributed by atoms with Crippen molar-refractivity contribution in [3.05, 3.63) is 82.5 Å². The molecular formula is C29H31NO5S. The predicted molar refractivity (Wildman–Crippen MR) is 137 cm³/mol. The van der Waals surface area contributed by atoms with E-state index in [1.54, 1.807) is 6.07 Å². The number of benzene rings is 2. The molecule has 0 radical (unpaired) electrons. The van der Waals surface area contributed by atoms with Gasteiger partial charge in [0.05, 0.1) is 6.61 Å². The van der Waals surface area contributed by atoms with Crippen LogP contribution in [-0.2, 0) is 44.4 Å². The second kappa shape index (κ2) is 8.55. The zero-order valence-electron chi connectivity index (χ0n) is 20.4. The summed E-state index contributed by atoms with van der Waals surface area (Å²) in [6.07, 6.45) is 10.1. The Morgan fingerprint density at radius 3 is 2.92 bits per heavy atom. The molecule has 2 aliphatic heterocycles. The first-order valence-corrected chi connectivity index (χ1v) is 13.9. The number of rotatable bonds is 6. The van der Waals surface area contributed by atoms with E-state index in [9.17, 15) is 9.32 Å². The number of phenols is 1. The van der Waals surface area contributed by atoms with Gasteiger partial charge in [-0.15, -0.1) is 0 Å². The van der Waals surface area contributed by atoms with Crippen LogP contribution in [0, 0.1) is 5.92 Å². The van der Waals surface area contributed by atoms with E-state index in [4.69, 9.17) is 13.1 Å². The normalized spacial score (nSPS) is 32.3. The van der Waals surface area contributed by atoms with Crippen LogP contribution in [-0.4, -0.2) is 52.7 Å². The average molecular weight is 506 g/mol. The van der Waals surface area contributed by atoms with Gasteiger partial charge in [-0.3, -0.25) is 8.37 Å². The van der Waals surface area contributed by atoms with Crippen molar-refractivity contribution in [1.29, 1.82) is 0 Å². The summed E-state index contributed by atoms with van der Waals surface area (Å²) < 4.78 is 30.9. The molecule has 6 atom stereocenters. The zero-order chi connectivity index (χ0) is 24.4. The van der Waals surface area contributed by atoms with Crippen LogP contribution in [0.25, 0.3) is 0 Å². The number of likely N-dealkylation sites (tertiary alicyclic amines) is 1. The fourth-order valence-electron chi connectivity index (χ4n) is 7.35. The maximum absolute atomic E-state index is 12.9. The monoisotopic (exact) mass is 505 g/mol. The molecule has 0 aromatic heterocycles. The van der Waals surface area contributed by atoms with Crippen LogP contribution in [0.4, 0.5) is 0 Å². The summed E-state index contributed by atoms with van der Waals surface area (Å²) in [5.74, 6) is 1.03. The van der Waals surface area contributed by atoms with Gasteiger partial charge in [0.2, 0.25) is 0 Å². The summed E-state index contributed by atoms with van der Waals surface area (Å²) >= 11 is -1.90. The lowest BCUT2D eigenvalue weighted by Gasteiger charge is -2.56. The van der Waals surface area contributed by atoms with Crippen molar-refractivity contribution < 1.29 is 22.4 Å². The summed E-state index contributed by atoms with van der Waals surface area (Å²) in [4.78, 5) is 2.44. The highest BCUT2D eigenvalue weighted by molar-refractivity contribution is 7.75. The summed E-state index contributed by atoms with van der Waals surface area (Å²) in [7, 11) is 2.19. The van der Waals surface area contributed by atoms with Crippen LogP contribution >= 0.6 is 0 Å². The van der Waals surface area contributed by atoms with Gasteiger partial charge in [-0.05, 0) is 68.5 Å². The molecule has 7 heteroatoms. The van der Waals surface area contributed by atoms with Crippen LogP contribution in [0.5, 0.6) is 11.5 Å². The lowest BCUT2D eigenvalue weighted by atomic mass is 9.53. The molecule has 7 rings (SSSR count). The third kappa shape index (κ3) is 3.36. The van der Waals surface area contributed by atoms with Crippen molar-refractivity contribution in [3.63, 3.8) is 0 Å². The van der Waals surface area contributed by atoms with Crippen LogP contribution in [0.3, 0.4) is 0 Å². The molecule has 2 bridgehead atoms. The van der Waals surface area contributed by atoms with E-state index in [0.717, 1.165) is 44.2 Å². The summed E-state index contributed by atoms with van der Waals surface area (Å²) in [6, 6.07) is 12.7. The van der Waals surface area contributed by atoms with Crippen LogP contribution in [0.15, 0.2) is 60.2 Å². The fourth-order valence-corrected chi connectivity index (χ4v) is 7.97. The van der Waals surface area contributed by atoms with Gasteiger partial charge in [0.25, 0.3) is 0 Å². The number of allylic oxidation sites excluding steroid dienone is 1. The average Bonchev–Trinajstić information content (AvgIpc) is 3.24. The SMILES string of the molecule is CN1CCC23c4c5ccc(O)c4OC2C(OS(=O)OCCC2=CCc4ccccc4C2)C=CC3C1C5. The molecule has 2 aromatic rings. The smallest absolute Gasteiger partial charge is 0.305 e. The van der Waals surface area contributed by atoms with E-state index in [1.807, 2.05) is 12.1 Å². The third-order valence-corrected chi connectivity index (χ3v) is 9.81. The minimum absolute atomic E-state index is 0.173. The molecule has 6 unspecified atom stereocenters. The first-order valence-electron chi connectivity index (χ1n) is 12.9. The summed E-state index contributed by atoms with van der Waals surface area (Å²) in [5, 5.41) is 10.6. The quantitative estimate of drug-likeness (QED) is 0.600. The Morgan fingerprint density at radius 2 is 2.03 bits per heavy atom. The molecule has 0 saturated carbocycles. The van der Waals surface area contributed by atoms with E-state index >= 15 is 0 Å². The number of likely N-dealkylation sites (N-methyl/N-ethyl adjacent to an activating group) is 1. The van der Waals surface area contributed by atoms with Gasteiger partial charge >= 0.3 is 11.4 Å². The zero-order valence-corrected chi connectivity index (χ0v) is 21.2. The lowest BCUT2D eigenvalue weighted by molar-refractivity contribution is -0.0378. The molecule has 1 fully saturated rings. The molecule has 1 saturated heterocycles. The van der Waals surface area contributed by atoms with Gasteiger partial charge in [-0.25, -0.2) is 0 Å². The highest BCUT2D eigenvalue weighted by Gasteiger charge is 2.64. The molecule has 36 heavy (non-hydrogen) atoms. The molecular weight excluding hydrogens is 474 g/mol. The van der Waals surface area contributed by atoms with Crippen molar-refractivity contribution in [1.82, 2.24) is 4.90 Å². The second-order valence-electron chi connectivity index (χ2n) is 10.8. The number of nitrogens with zero attached hydrogens (tertiary/aromatic N) is 1. The van der Waals surface area contributed by atoms with Gasteiger partial charge in [0, 0.05) is 22.9 Å². The minimum atomic E-state index is -1.90. The Morgan fingerprint density at radius 1 is 1.17 bits per heavy atom. The Labute approximate surface area is 214 Å². The topological polar surface area (TPSA) is 68.2 Å². The molecule has 6 nitrogen and oxygen atoms in total. The third-order valence-electron chi connectivity index (χ3n) is 9.07. The molecule has 3 aliphatic carbocycles. The highest BCUT2D eigenvalue weighted by atomic mass is 32.2. The number of hydrogen-bond acceptors (Lipinski definition) is 6. The number of phenolic OH excluding ortho intramolecular Hbond substituents is 1. The lowest BCUT2D eigenvalue weighted by Crippen LogP contribution is -2.65. The Bertz CT molecular complexity index is 1300. The van der Waals surface area contributed by atoms with E-state index in [1.165, 1.54) is 22.3 Å². The van der Waals surface area contributed by atoms with Gasteiger partial charge in [0.15, 0.2) is 11.5 Å². The van der Waals surface area contributed by atoms with Crippen molar-refractivity contribution in [2.24, 2.45) is 5.92 Å². The van der Waals surface area contributed by atoms with Crippen LogP contribution in [0.1, 0.15) is 35.1 Å². The first-order chi connectivity index (χ1) is 17.5. The van der Waals surface area contributed by atoms with Crippen LogP contribution < -0.4 is 4.74 Å². The largest absolute Gasteiger partial charge is 0.504 e. The minimum Gasteiger partial charge on any atom is -0.504 e. The van der Waals surface area contributed by atoms with Gasteiger partial charge in [-0.2, -0.15) is 4.21 Å². The Hall–Kier alpha value is -2.45. The van der Waals surface area contributed by atoms with Gasteiger partial charge in [-0.1, -0.05) is 54.1 Å². The number of fused-ring (bicyclic) bond motifs is 1. The Kier molecular flexibility index (Phi) is 5.40. The van der Waals surface area contributed by atoms with E-state index < -0.39 is 17.5 Å². The number of ether oxygens (including phenoxy) is 1. The highest BCUT2D eigenvalue weighted by Crippen LogP contribution is 2.62. The van der Waals surface area contributed by atoms with Crippen molar-refractivity contribution in [3.8, 4) is 11.5 Å². The molecule has 5 aliphatic rings. The molecule has 188 valence electrons. The summed E-state index contributed by atoms with van der Waals surface area (Å²) in [5.41, 5.74) is 6.15. The molecule has 2 heterocycles. The molecule has 1 N–H and O–H groups in total. The number of aromatic hydroxyl groups is 1. The van der Waals surface area contributed by atoms with Crippen molar-refractivity contribution >= 4 is 11.4 Å². The fraction of sp³-hybridized carbons (Fsp3) is 0.448. The molecule has 1 spiro atoms. The van der Waals surface area contributed by atoms with Gasteiger partial charge < -0.3 is 14.7 Å². The van der Waals surface area contributed by atoms with Crippen molar-refractivity contribution in [2.75, 3.05) is 20.2 Å². The number of piperidine rings is 1. The maximum atomic E-state index is 12.9. The standard InChI is InChI=1S/C29H31NO5S/c1-30-14-13-29-22-9-11-25(28(29)34-27-24(31)10-8-21(26(27)29)17-23(22)30)35-36(32)33-15-12-18-6-7-19-4-2-3-5-20(19)16-18/h2-6,8-11,22-23,25,28,31H,7,12-17H2,1H3. The maximum Gasteiger partial charge on any atom is 0.305 e. The number of hydrogen-bond donors (Lipinski definition) is 1. The van der Waals surface area contributed by atoms with E-state index in [2.05, 4.69) is 48.4 Å². The van der Waals surface area contributed by atoms with Gasteiger partial charge in [0.1, 0.15) is 12.2 Å². The second-order valence-corrected chi connectivity index (χ2v) is 11.6. The molecule has 2 aromatic carbocycles. The van der Waals surface area contributed by atoms with E-state index in [0.29, 0.717) is 18.4 Å². The first kappa shape index (κ1) is 22.7. The summed E-state index contributed by atoms with van der Waals surface area (Å²) in [6.45, 7) is 1.29. The van der Waals surface area contributed by atoms with E-state index in [-0.39, 0.29) is 23.2 Å². The predicted octanol–water partition coefficient (Wildman–Crippen LogP) is 3.93. The van der Waals surface area contributed by atoms with Crippen LogP contribution in [0.2, 0.25) is 0 Å². The molecule has 0 amide bonds.